The molecule has 0 bridgehead atoms. The van der Waals surface area contributed by atoms with Gasteiger partial charge in [0, 0.05) is 32.4 Å². The van der Waals surface area contributed by atoms with Crippen molar-refractivity contribution in [1.82, 2.24) is 9.97 Å². The summed E-state index contributed by atoms with van der Waals surface area (Å²) < 4.78 is 5.03. The molecule has 1 aromatic carbocycles. The van der Waals surface area contributed by atoms with Crippen molar-refractivity contribution in [3.63, 3.8) is 0 Å². The summed E-state index contributed by atoms with van der Waals surface area (Å²) in [4.78, 5) is 11.1. The first kappa shape index (κ1) is 16.2. The zero-order valence-electron chi connectivity index (χ0n) is 13.5. The van der Waals surface area contributed by atoms with Crippen LogP contribution in [0.4, 0.5) is 11.8 Å². The third-order valence-electron chi connectivity index (χ3n) is 3.34. The first-order chi connectivity index (χ1) is 10.7. The van der Waals surface area contributed by atoms with E-state index in [1.54, 1.807) is 13.3 Å². The zero-order valence-corrected chi connectivity index (χ0v) is 13.5. The number of anilines is 2. The number of methoxy groups -OCH3 is 1. The molecular weight excluding hydrogens is 276 g/mol. The number of nitrogens with zero attached hydrogens (tertiary/aromatic N) is 3. The minimum Gasteiger partial charge on any atom is -0.383 e. The van der Waals surface area contributed by atoms with Gasteiger partial charge in [-0.25, -0.2) is 4.98 Å². The Labute approximate surface area is 132 Å². The minimum absolute atomic E-state index is 0.349. The molecule has 0 fully saturated rings. The third kappa shape index (κ3) is 4.70. The van der Waals surface area contributed by atoms with Crippen molar-refractivity contribution in [2.24, 2.45) is 0 Å². The van der Waals surface area contributed by atoms with E-state index in [1.165, 1.54) is 5.56 Å². The molecule has 1 heterocycles. The zero-order chi connectivity index (χ0) is 15.8. The van der Waals surface area contributed by atoms with Gasteiger partial charge in [-0.15, -0.1) is 0 Å². The first-order valence-corrected chi connectivity index (χ1v) is 7.57. The second-order valence-corrected chi connectivity index (χ2v) is 5.37. The van der Waals surface area contributed by atoms with Gasteiger partial charge in [-0.1, -0.05) is 30.3 Å². The predicted octanol–water partition coefficient (Wildman–Crippen LogP) is 2.95. The van der Waals surface area contributed by atoms with Crippen LogP contribution in [0.3, 0.4) is 0 Å². The van der Waals surface area contributed by atoms with E-state index in [0.717, 1.165) is 12.4 Å². The van der Waals surface area contributed by atoms with E-state index in [0.29, 0.717) is 25.1 Å². The topological polar surface area (TPSA) is 50.3 Å². The summed E-state index contributed by atoms with van der Waals surface area (Å²) in [5.74, 6) is 1.56. The Bertz CT molecular complexity index is 560. The maximum absolute atomic E-state index is 5.03. The summed E-state index contributed by atoms with van der Waals surface area (Å²) in [6.07, 6.45) is 1.79. The molecule has 22 heavy (non-hydrogen) atoms. The fraction of sp³-hybridized carbons (Fsp3) is 0.412. The molecule has 1 N–H and O–H groups in total. The fourth-order valence-electron chi connectivity index (χ4n) is 2.17. The number of hydrogen-bond acceptors (Lipinski definition) is 5. The molecule has 0 unspecified atom stereocenters. The third-order valence-corrected chi connectivity index (χ3v) is 3.34. The van der Waals surface area contributed by atoms with Crippen LogP contribution in [0.2, 0.25) is 0 Å². The highest BCUT2D eigenvalue weighted by atomic mass is 16.5. The summed E-state index contributed by atoms with van der Waals surface area (Å²) >= 11 is 0. The Morgan fingerprint density at radius 3 is 2.64 bits per heavy atom. The molecule has 5 nitrogen and oxygen atoms in total. The molecule has 0 aliphatic rings. The Morgan fingerprint density at radius 2 is 1.95 bits per heavy atom. The Hall–Kier alpha value is -2.14. The number of benzene rings is 1. The number of ether oxygens (including phenoxy) is 1. The standard InChI is InChI=1S/C17H24N4O/c1-14(2)21(13-15-7-5-4-6-8-15)16-9-10-18-17(20-16)19-11-12-22-3/h4-10,14H,11-13H2,1-3H3,(H,18,19,20). The Balaban J connectivity index is 2.12. The fourth-order valence-corrected chi connectivity index (χ4v) is 2.17. The molecule has 0 spiro atoms. The molecule has 0 amide bonds. The normalized spacial score (nSPS) is 10.7. The molecule has 0 aliphatic heterocycles. The van der Waals surface area contributed by atoms with Crippen molar-refractivity contribution in [2.75, 3.05) is 30.5 Å². The summed E-state index contributed by atoms with van der Waals surface area (Å²) in [6, 6.07) is 12.7. The highest BCUT2D eigenvalue weighted by Crippen LogP contribution is 2.18. The Morgan fingerprint density at radius 1 is 1.18 bits per heavy atom. The van der Waals surface area contributed by atoms with Crippen molar-refractivity contribution in [3.05, 3.63) is 48.2 Å². The summed E-state index contributed by atoms with van der Waals surface area (Å²) in [5.41, 5.74) is 1.27. The second-order valence-electron chi connectivity index (χ2n) is 5.37. The predicted molar refractivity (Wildman–Crippen MR) is 90.2 cm³/mol. The molecule has 0 saturated heterocycles. The maximum atomic E-state index is 5.03. The van der Waals surface area contributed by atoms with Gasteiger partial charge in [0.05, 0.1) is 6.61 Å². The van der Waals surface area contributed by atoms with E-state index in [1.807, 2.05) is 12.1 Å². The highest BCUT2D eigenvalue weighted by molar-refractivity contribution is 5.44. The van der Waals surface area contributed by atoms with Gasteiger partial charge in [0.2, 0.25) is 5.95 Å². The second kappa shape index (κ2) is 8.34. The van der Waals surface area contributed by atoms with Crippen LogP contribution in [-0.2, 0) is 11.3 Å². The van der Waals surface area contributed by atoms with Gasteiger partial charge in [-0.3, -0.25) is 0 Å². The van der Waals surface area contributed by atoms with Gasteiger partial charge in [0.1, 0.15) is 5.82 Å². The molecule has 0 aliphatic carbocycles. The quantitative estimate of drug-likeness (QED) is 0.760. The van der Waals surface area contributed by atoms with E-state index in [4.69, 9.17) is 4.74 Å². The smallest absolute Gasteiger partial charge is 0.224 e. The van der Waals surface area contributed by atoms with E-state index >= 15 is 0 Å². The number of aromatic nitrogens is 2. The van der Waals surface area contributed by atoms with Crippen LogP contribution < -0.4 is 10.2 Å². The lowest BCUT2D eigenvalue weighted by molar-refractivity contribution is 0.210. The lowest BCUT2D eigenvalue weighted by atomic mass is 10.2. The molecule has 2 rings (SSSR count). The van der Waals surface area contributed by atoms with E-state index in [-0.39, 0.29) is 0 Å². The van der Waals surface area contributed by atoms with Crippen LogP contribution in [0.15, 0.2) is 42.6 Å². The van der Waals surface area contributed by atoms with Crippen LogP contribution in [0, 0.1) is 0 Å². The molecule has 1 aromatic heterocycles. The SMILES string of the molecule is COCCNc1nccc(N(Cc2ccccc2)C(C)C)n1. The van der Waals surface area contributed by atoms with Crippen molar-refractivity contribution in [3.8, 4) is 0 Å². The average Bonchev–Trinajstić information content (AvgIpc) is 2.54. The van der Waals surface area contributed by atoms with Crippen LogP contribution in [0.5, 0.6) is 0 Å². The summed E-state index contributed by atoms with van der Waals surface area (Å²) in [6.45, 7) is 6.49. The van der Waals surface area contributed by atoms with Gasteiger partial charge < -0.3 is 15.0 Å². The Kier molecular flexibility index (Phi) is 6.15. The van der Waals surface area contributed by atoms with Gasteiger partial charge in [0.15, 0.2) is 0 Å². The summed E-state index contributed by atoms with van der Waals surface area (Å²) in [5, 5.41) is 3.17. The van der Waals surface area contributed by atoms with Crippen molar-refractivity contribution in [1.29, 1.82) is 0 Å². The average molecular weight is 300 g/mol. The largest absolute Gasteiger partial charge is 0.383 e. The van der Waals surface area contributed by atoms with E-state index in [2.05, 4.69) is 58.3 Å². The van der Waals surface area contributed by atoms with Gasteiger partial charge in [-0.05, 0) is 25.5 Å². The van der Waals surface area contributed by atoms with Gasteiger partial charge in [0.25, 0.3) is 0 Å². The van der Waals surface area contributed by atoms with Crippen LogP contribution in [-0.4, -0.2) is 36.3 Å². The first-order valence-electron chi connectivity index (χ1n) is 7.57. The van der Waals surface area contributed by atoms with Crippen molar-refractivity contribution in [2.45, 2.75) is 26.4 Å². The lowest BCUT2D eigenvalue weighted by Crippen LogP contribution is -2.31. The molecule has 0 saturated carbocycles. The number of hydrogen-bond donors (Lipinski definition) is 1. The molecule has 0 atom stereocenters. The minimum atomic E-state index is 0.349. The summed E-state index contributed by atoms with van der Waals surface area (Å²) in [7, 11) is 1.68. The van der Waals surface area contributed by atoms with Crippen LogP contribution in [0.1, 0.15) is 19.4 Å². The molecule has 5 heteroatoms. The van der Waals surface area contributed by atoms with Crippen molar-refractivity contribution < 1.29 is 4.74 Å². The van der Waals surface area contributed by atoms with Gasteiger partial charge in [-0.2, -0.15) is 4.98 Å². The molecule has 0 radical (unpaired) electrons. The molecule has 2 aromatic rings. The van der Waals surface area contributed by atoms with E-state index < -0.39 is 0 Å². The van der Waals surface area contributed by atoms with Crippen molar-refractivity contribution >= 4 is 11.8 Å². The van der Waals surface area contributed by atoms with Gasteiger partial charge >= 0.3 is 0 Å². The van der Waals surface area contributed by atoms with E-state index in [9.17, 15) is 0 Å². The maximum Gasteiger partial charge on any atom is 0.224 e. The van der Waals surface area contributed by atoms with Crippen LogP contribution in [0.25, 0.3) is 0 Å². The lowest BCUT2D eigenvalue weighted by Gasteiger charge is -2.28. The highest BCUT2D eigenvalue weighted by Gasteiger charge is 2.13. The molecule has 118 valence electrons. The monoisotopic (exact) mass is 300 g/mol. The number of nitrogens with one attached hydrogen (secondary N) is 1. The number of rotatable bonds is 8. The van der Waals surface area contributed by atoms with Crippen LogP contribution >= 0.6 is 0 Å². The molecular formula is C17H24N4O.